The molecule has 178 valence electrons. The lowest BCUT2D eigenvalue weighted by Crippen LogP contribution is -2.53. The van der Waals surface area contributed by atoms with Gasteiger partial charge in [-0.3, -0.25) is 9.59 Å². The Morgan fingerprint density at radius 3 is 2.34 bits per heavy atom. The number of thiol groups is 1. The van der Waals surface area contributed by atoms with Gasteiger partial charge in [0.15, 0.2) is 0 Å². The summed E-state index contributed by atoms with van der Waals surface area (Å²) in [6.07, 6.45) is 2.61. The predicted molar refractivity (Wildman–Crippen MR) is 131 cm³/mol. The van der Waals surface area contributed by atoms with E-state index in [4.69, 9.17) is 4.74 Å². The molecular formula is C24H37N3O4S. The summed E-state index contributed by atoms with van der Waals surface area (Å²) in [4.78, 5) is 40.3. The molecule has 0 bridgehead atoms. The lowest BCUT2D eigenvalue weighted by Gasteiger charge is -2.33. The Kier molecular flexibility index (Phi) is 11.3. The van der Waals surface area contributed by atoms with Gasteiger partial charge in [-0.15, -0.1) is 6.58 Å². The molecule has 2 unspecified atom stereocenters. The van der Waals surface area contributed by atoms with Crippen LogP contribution in [-0.2, 0) is 14.3 Å². The fourth-order valence-corrected chi connectivity index (χ4v) is 3.25. The second-order valence-corrected chi connectivity index (χ2v) is 8.98. The van der Waals surface area contributed by atoms with Crippen LogP contribution in [0.4, 0.5) is 4.79 Å². The lowest BCUT2D eigenvalue weighted by atomic mass is 10.0. The van der Waals surface area contributed by atoms with Gasteiger partial charge in [0, 0.05) is 18.8 Å². The van der Waals surface area contributed by atoms with Gasteiger partial charge in [0.25, 0.3) is 0 Å². The third kappa shape index (κ3) is 8.94. The molecule has 1 aromatic rings. The van der Waals surface area contributed by atoms with Crippen molar-refractivity contribution >= 4 is 30.5 Å². The Morgan fingerprint density at radius 2 is 1.84 bits per heavy atom. The largest absolute Gasteiger partial charge is 0.444 e. The van der Waals surface area contributed by atoms with Crippen LogP contribution in [0.15, 0.2) is 36.9 Å². The van der Waals surface area contributed by atoms with E-state index >= 15 is 0 Å². The number of aryl methyl sites for hydroxylation is 1. The van der Waals surface area contributed by atoms with E-state index in [1.54, 1.807) is 26.8 Å². The van der Waals surface area contributed by atoms with Crippen LogP contribution in [0.3, 0.4) is 0 Å². The molecule has 0 fully saturated rings. The highest BCUT2D eigenvalue weighted by Crippen LogP contribution is 2.23. The molecule has 0 aliphatic rings. The number of benzene rings is 1. The van der Waals surface area contributed by atoms with Crippen molar-refractivity contribution in [1.82, 2.24) is 15.5 Å². The van der Waals surface area contributed by atoms with Crippen molar-refractivity contribution in [1.29, 1.82) is 0 Å². The quantitative estimate of drug-likeness (QED) is 0.265. The maximum atomic E-state index is 13.5. The highest BCUT2D eigenvalue weighted by atomic mass is 32.1. The highest BCUT2D eigenvalue weighted by Gasteiger charge is 2.35. The van der Waals surface area contributed by atoms with Crippen molar-refractivity contribution in [3.63, 3.8) is 0 Å². The smallest absolute Gasteiger partial charge is 0.408 e. The Labute approximate surface area is 197 Å². The minimum absolute atomic E-state index is 0.0454. The van der Waals surface area contributed by atoms with E-state index in [2.05, 4.69) is 29.8 Å². The maximum Gasteiger partial charge on any atom is 0.408 e. The summed E-state index contributed by atoms with van der Waals surface area (Å²) < 4.78 is 5.28. The third-order valence-corrected chi connectivity index (χ3v) is 4.93. The van der Waals surface area contributed by atoms with E-state index in [9.17, 15) is 14.4 Å². The summed E-state index contributed by atoms with van der Waals surface area (Å²) in [5, 5.41) is 5.49. The number of nitrogens with zero attached hydrogens (tertiary/aromatic N) is 1. The van der Waals surface area contributed by atoms with Gasteiger partial charge in [0.1, 0.15) is 17.7 Å². The van der Waals surface area contributed by atoms with Crippen LogP contribution in [0.2, 0.25) is 0 Å². The number of carbonyl (C=O) groups is 3. The topological polar surface area (TPSA) is 87.7 Å². The molecule has 32 heavy (non-hydrogen) atoms. The number of rotatable bonds is 11. The molecule has 8 heteroatoms. The molecule has 0 aromatic heterocycles. The summed E-state index contributed by atoms with van der Waals surface area (Å²) in [6, 6.07) is 5.62. The maximum absolute atomic E-state index is 13.5. The van der Waals surface area contributed by atoms with E-state index in [1.807, 2.05) is 38.1 Å². The second-order valence-electron chi connectivity index (χ2n) is 8.62. The predicted octanol–water partition coefficient (Wildman–Crippen LogP) is 3.79. The van der Waals surface area contributed by atoms with Crippen molar-refractivity contribution in [2.75, 3.05) is 18.8 Å². The molecule has 0 aliphatic carbocycles. The van der Waals surface area contributed by atoms with Crippen LogP contribution in [0, 0.1) is 6.92 Å². The molecule has 7 nitrogen and oxygen atoms in total. The molecule has 3 amide bonds. The van der Waals surface area contributed by atoms with Crippen LogP contribution in [0.5, 0.6) is 0 Å². The average Bonchev–Trinajstić information content (AvgIpc) is 2.71. The fraction of sp³-hybridized carbons (Fsp3) is 0.542. The number of carbonyl (C=O) groups excluding carboxylic acids is 3. The molecule has 1 aromatic carbocycles. The van der Waals surface area contributed by atoms with Gasteiger partial charge in [0.2, 0.25) is 11.8 Å². The first-order chi connectivity index (χ1) is 15.0. The van der Waals surface area contributed by atoms with Gasteiger partial charge in [0.05, 0.1) is 0 Å². The number of hydrogen-bond acceptors (Lipinski definition) is 5. The first-order valence-corrected chi connectivity index (χ1v) is 11.5. The molecule has 0 saturated heterocycles. The molecule has 0 spiro atoms. The minimum Gasteiger partial charge on any atom is -0.444 e. The summed E-state index contributed by atoms with van der Waals surface area (Å²) in [5.41, 5.74) is 1.01. The standard InChI is InChI=1S/C24H37N3O4S/c1-7-9-14-25-21(28)20(18-12-10-17(3)11-13-18)27(15-8-2)22(29)19(16-32)26-23(30)31-24(4,5)6/h8,10-13,19-20,32H,2,7,9,14-16H2,1,3-6H3,(H,25,28)(H,26,30). The van der Waals surface area contributed by atoms with E-state index < -0.39 is 29.7 Å². The molecule has 2 atom stereocenters. The van der Waals surface area contributed by atoms with E-state index in [1.165, 1.54) is 4.90 Å². The normalized spacial score (nSPS) is 12.9. The Morgan fingerprint density at radius 1 is 1.22 bits per heavy atom. The van der Waals surface area contributed by atoms with Gasteiger partial charge in [-0.25, -0.2) is 4.79 Å². The molecule has 0 heterocycles. The number of unbranched alkanes of at least 4 members (excludes halogenated alkanes) is 1. The van der Waals surface area contributed by atoms with Crippen LogP contribution in [0.25, 0.3) is 0 Å². The molecule has 0 saturated carbocycles. The summed E-state index contributed by atoms with van der Waals surface area (Å²) in [5.74, 6) is -0.682. The number of amides is 3. The first kappa shape index (κ1) is 27.6. The SMILES string of the molecule is C=CCN(C(=O)C(CS)NC(=O)OC(C)(C)C)C(C(=O)NCCCC)c1ccc(C)cc1. The minimum atomic E-state index is -0.968. The van der Waals surface area contributed by atoms with Gasteiger partial charge < -0.3 is 20.3 Å². The molecule has 2 N–H and O–H groups in total. The first-order valence-electron chi connectivity index (χ1n) is 10.9. The van der Waals surface area contributed by atoms with Crippen LogP contribution in [0.1, 0.15) is 57.7 Å². The third-order valence-electron chi connectivity index (χ3n) is 4.56. The van der Waals surface area contributed by atoms with Crippen molar-refractivity contribution in [2.24, 2.45) is 0 Å². The Balaban J connectivity index is 3.25. The van der Waals surface area contributed by atoms with Gasteiger partial charge >= 0.3 is 6.09 Å². The van der Waals surface area contributed by atoms with Crippen LogP contribution in [-0.4, -0.2) is 53.3 Å². The fourth-order valence-electron chi connectivity index (χ4n) is 3.00. The lowest BCUT2D eigenvalue weighted by molar-refractivity contribution is -0.141. The van der Waals surface area contributed by atoms with E-state index in [-0.39, 0.29) is 18.2 Å². The summed E-state index contributed by atoms with van der Waals surface area (Å²) in [6.45, 7) is 13.6. The van der Waals surface area contributed by atoms with Crippen molar-refractivity contribution in [2.45, 2.75) is 65.1 Å². The Hall–Kier alpha value is -2.48. The zero-order valence-corrected chi connectivity index (χ0v) is 20.7. The zero-order valence-electron chi connectivity index (χ0n) is 19.8. The van der Waals surface area contributed by atoms with Crippen molar-refractivity contribution in [3.05, 3.63) is 48.0 Å². The summed E-state index contributed by atoms with van der Waals surface area (Å²) in [7, 11) is 0. The van der Waals surface area contributed by atoms with Crippen molar-refractivity contribution < 1.29 is 19.1 Å². The second kappa shape index (κ2) is 13.2. The Bertz CT molecular complexity index is 774. The monoisotopic (exact) mass is 463 g/mol. The average molecular weight is 464 g/mol. The molecular weight excluding hydrogens is 426 g/mol. The zero-order chi connectivity index (χ0) is 24.3. The molecule has 0 radical (unpaired) electrons. The van der Waals surface area contributed by atoms with Crippen molar-refractivity contribution in [3.8, 4) is 0 Å². The van der Waals surface area contributed by atoms with Crippen LogP contribution >= 0.6 is 12.6 Å². The summed E-state index contributed by atoms with van der Waals surface area (Å²) >= 11 is 4.25. The number of nitrogens with one attached hydrogen (secondary N) is 2. The molecule has 0 aliphatic heterocycles. The van der Waals surface area contributed by atoms with Crippen LogP contribution < -0.4 is 10.6 Å². The van der Waals surface area contributed by atoms with Gasteiger partial charge in [-0.1, -0.05) is 49.2 Å². The number of ether oxygens (including phenoxy) is 1. The highest BCUT2D eigenvalue weighted by molar-refractivity contribution is 7.80. The number of alkyl carbamates (subject to hydrolysis) is 1. The number of hydrogen-bond donors (Lipinski definition) is 3. The van der Waals surface area contributed by atoms with Gasteiger partial charge in [-0.2, -0.15) is 12.6 Å². The molecule has 1 rings (SSSR count). The van der Waals surface area contributed by atoms with E-state index in [0.29, 0.717) is 12.1 Å². The van der Waals surface area contributed by atoms with E-state index in [0.717, 1.165) is 18.4 Å². The van der Waals surface area contributed by atoms with Gasteiger partial charge in [-0.05, 0) is 39.7 Å².